The highest BCUT2D eigenvalue weighted by Gasteiger charge is 2.41. The Morgan fingerprint density at radius 3 is 2.27 bits per heavy atom. The smallest absolute Gasteiger partial charge is 0.0613 e. The van der Waals surface area contributed by atoms with E-state index in [1.807, 2.05) is 0 Å². The van der Waals surface area contributed by atoms with E-state index in [-0.39, 0.29) is 12.1 Å². The summed E-state index contributed by atoms with van der Waals surface area (Å²) in [6, 6.07) is 0.519. The third-order valence-corrected chi connectivity index (χ3v) is 3.56. The molecule has 2 atom stereocenters. The normalized spacial score (nSPS) is 22.8. The van der Waals surface area contributed by atoms with Crippen LogP contribution >= 0.6 is 0 Å². The summed E-state index contributed by atoms with van der Waals surface area (Å²) in [7, 11) is 0. The van der Waals surface area contributed by atoms with Crippen LogP contribution in [0.25, 0.3) is 0 Å². The average Bonchev–Trinajstić information content (AvgIpc) is 2.97. The highest BCUT2D eigenvalue weighted by Crippen LogP contribution is 2.39. The quantitative estimate of drug-likeness (QED) is 0.681. The fourth-order valence-corrected chi connectivity index (χ4v) is 2.23. The van der Waals surface area contributed by atoms with Gasteiger partial charge in [-0.3, -0.25) is 0 Å². The van der Waals surface area contributed by atoms with Crippen molar-refractivity contribution in [2.24, 2.45) is 11.8 Å². The van der Waals surface area contributed by atoms with Crippen LogP contribution in [0.5, 0.6) is 0 Å². The lowest BCUT2D eigenvalue weighted by Crippen LogP contribution is -2.51. The summed E-state index contributed by atoms with van der Waals surface area (Å²) in [6.45, 7) is 9.19. The van der Waals surface area contributed by atoms with Crippen molar-refractivity contribution in [1.29, 1.82) is 0 Å². The van der Waals surface area contributed by atoms with Gasteiger partial charge in [0.2, 0.25) is 0 Å². The predicted octanol–water partition coefficient (Wildman–Crippen LogP) is 2.56. The lowest BCUT2D eigenvalue weighted by Gasteiger charge is -2.33. The van der Waals surface area contributed by atoms with E-state index >= 15 is 0 Å². The largest absolute Gasteiger partial charge is 0.394 e. The van der Waals surface area contributed by atoms with E-state index in [2.05, 4.69) is 33.0 Å². The number of aliphatic hydroxyl groups excluding tert-OH is 1. The lowest BCUT2D eigenvalue weighted by atomic mass is 9.94. The van der Waals surface area contributed by atoms with Crippen molar-refractivity contribution in [1.82, 2.24) is 5.32 Å². The van der Waals surface area contributed by atoms with E-state index in [9.17, 15) is 5.11 Å². The Hall–Kier alpha value is -0.0800. The fourth-order valence-electron chi connectivity index (χ4n) is 2.23. The van der Waals surface area contributed by atoms with Gasteiger partial charge >= 0.3 is 0 Å². The van der Waals surface area contributed by atoms with Crippen molar-refractivity contribution < 1.29 is 5.11 Å². The molecule has 0 saturated heterocycles. The third-order valence-electron chi connectivity index (χ3n) is 3.56. The minimum atomic E-state index is -0.0314. The number of hydrogen-bond donors (Lipinski definition) is 2. The van der Waals surface area contributed by atoms with E-state index in [0.29, 0.717) is 12.0 Å². The van der Waals surface area contributed by atoms with Crippen LogP contribution < -0.4 is 5.32 Å². The van der Waals surface area contributed by atoms with E-state index in [1.54, 1.807) is 0 Å². The van der Waals surface area contributed by atoms with Crippen LogP contribution in [0.1, 0.15) is 53.4 Å². The van der Waals surface area contributed by atoms with Crippen LogP contribution in [0, 0.1) is 11.8 Å². The van der Waals surface area contributed by atoms with Crippen molar-refractivity contribution in [3.05, 3.63) is 0 Å². The Morgan fingerprint density at radius 1 is 1.27 bits per heavy atom. The zero-order valence-electron chi connectivity index (χ0n) is 10.7. The van der Waals surface area contributed by atoms with Crippen molar-refractivity contribution in [3.63, 3.8) is 0 Å². The van der Waals surface area contributed by atoms with E-state index in [1.165, 1.54) is 25.7 Å². The van der Waals surface area contributed by atoms with Crippen LogP contribution in [-0.2, 0) is 0 Å². The maximum atomic E-state index is 9.46. The van der Waals surface area contributed by atoms with Gasteiger partial charge in [-0.1, -0.05) is 13.8 Å². The van der Waals surface area contributed by atoms with Crippen molar-refractivity contribution >= 4 is 0 Å². The average molecular weight is 213 g/mol. The molecule has 0 aromatic heterocycles. The summed E-state index contributed by atoms with van der Waals surface area (Å²) in [4.78, 5) is 0. The van der Waals surface area contributed by atoms with Crippen molar-refractivity contribution in [2.75, 3.05) is 6.61 Å². The minimum Gasteiger partial charge on any atom is -0.394 e. The molecule has 0 aliphatic heterocycles. The molecule has 2 unspecified atom stereocenters. The second-order valence-corrected chi connectivity index (χ2v) is 5.87. The van der Waals surface area contributed by atoms with Crippen LogP contribution in [-0.4, -0.2) is 23.3 Å². The molecule has 1 saturated carbocycles. The maximum absolute atomic E-state index is 9.46. The lowest BCUT2D eigenvalue weighted by molar-refractivity contribution is 0.141. The Balaban J connectivity index is 2.31. The molecule has 0 heterocycles. The second kappa shape index (κ2) is 5.31. The molecular weight excluding hydrogens is 186 g/mol. The zero-order valence-corrected chi connectivity index (χ0v) is 10.7. The van der Waals surface area contributed by atoms with Gasteiger partial charge in [0.15, 0.2) is 0 Å². The highest BCUT2D eigenvalue weighted by molar-refractivity contribution is 4.98. The molecule has 1 rings (SSSR count). The van der Waals surface area contributed by atoms with Gasteiger partial charge in [0.1, 0.15) is 0 Å². The first-order valence-corrected chi connectivity index (χ1v) is 6.36. The van der Waals surface area contributed by atoms with Gasteiger partial charge in [-0.2, -0.15) is 0 Å². The van der Waals surface area contributed by atoms with Gasteiger partial charge in [-0.15, -0.1) is 0 Å². The Labute approximate surface area is 94.5 Å². The molecule has 0 aromatic rings. The van der Waals surface area contributed by atoms with Crippen molar-refractivity contribution in [3.8, 4) is 0 Å². The zero-order chi connectivity index (χ0) is 11.5. The first kappa shape index (κ1) is 13.0. The Bertz CT molecular complexity index is 189. The first-order chi connectivity index (χ1) is 6.98. The van der Waals surface area contributed by atoms with Gasteiger partial charge in [-0.25, -0.2) is 0 Å². The molecule has 1 aliphatic carbocycles. The maximum Gasteiger partial charge on any atom is 0.0613 e. The number of aliphatic hydroxyl groups is 1. The molecule has 0 radical (unpaired) electrons. The summed E-state index contributed by atoms with van der Waals surface area (Å²) in [5, 5.41) is 13.1. The molecule has 0 bridgehead atoms. The first-order valence-electron chi connectivity index (χ1n) is 6.36. The van der Waals surface area contributed by atoms with Crippen molar-refractivity contribution in [2.45, 2.75) is 65.0 Å². The number of nitrogens with one attached hydrogen (secondary N) is 1. The molecule has 2 N–H and O–H groups in total. The molecule has 0 aromatic carbocycles. The molecule has 1 aliphatic rings. The van der Waals surface area contributed by atoms with E-state index < -0.39 is 0 Å². The summed E-state index contributed by atoms with van der Waals surface area (Å²) in [6.07, 6.45) is 5.03. The molecule has 0 amide bonds. The highest BCUT2D eigenvalue weighted by atomic mass is 16.3. The minimum absolute atomic E-state index is 0.0314. The Kier molecular flexibility index (Phi) is 4.60. The third kappa shape index (κ3) is 4.12. The topological polar surface area (TPSA) is 32.3 Å². The van der Waals surface area contributed by atoms with Gasteiger partial charge in [0.05, 0.1) is 6.61 Å². The van der Waals surface area contributed by atoms with Crippen LogP contribution in [0.4, 0.5) is 0 Å². The summed E-state index contributed by atoms with van der Waals surface area (Å²) in [5.74, 6) is 1.47. The second-order valence-electron chi connectivity index (χ2n) is 5.87. The number of hydrogen-bond acceptors (Lipinski definition) is 2. The number of rotatable bonds is 7. The molecule has 90 valence electrons. The van der Waals surface area contributed by atoms with Crippen LogP contribution in [0.15, 0.2) is 0 Å². The molecule has 0 spiro atoms. The molecule has 15 heavy (non-hydrogen) atoms. The SMILES string of the molecule is CC(C)CCC(C)NC(C)(CO)C1CC1. The van der Waals surface area contributed by atoms with Gasteiger partial charge < -0.3 is 10.4 Å². The Morgan fingerprint density at radius 2 is 1.87 bits per heavy atom. The van der Waals surface area contributed by atoms with E-state index in [4.69, 9.17) is 0 Å². The summed E-state index contributed by atoms with van der Waals surface area (Å²) in [5.41, 5.74) is -0.0314. The summed E-state index contributed by atoms with van der Waals surface area (Å²) < 4.78 is 0. The van der Waals surface area contributed by atoms with E-state index in [0.717, 1.165) is 5.92 Å². The standard InChI is InChI=1S/C13H27NO/c1-10(2)5-6-11(3)14-13(4,9-15)12-7-8-12/h10-12,14-15H,5-9H2,1-4H3. The molecule has 2 heteroatoms. The monoisotopic (exact) mass is 213 g/mol. The van der Waals surface area contributed by atoms with Crippen LogP contribution in [0.3, 0.4) is 0 Å². The van der Waals surface area contributed by atoms with Gasteiger partial charge in [0, 0.05) is 11.6 Å². The van der Waals surface area contributed by atoms with Gasteiger partial charge in [-0.05, 0) is 51.4 Å². The van der Waals surface area contributed by atoms with Crippen LogP contribution in [0.2, 0.25) is 0 Å². The predicted molar refractivity (Wildman–Crippen MR) is 64.9 cm³/mol. The fraction of sp³-hybridized carbons (Fsp3) is 1.00. The molecule has 1 fully saturated rings. The summed E-state index contributed by atoms with van der Waals surface area (Å²) >= 11 is 0. The van der Waals surface area contributed by atoms with Gasteiger partial charge in [0.25, 0.3) is 0 Å². The molecular formula is C13H27NO. The molecule has 2 nitrogen and oxygen atoms in total.